The van der Waals surface area contributed by atoms with Crippen molar-refractivity contribution in [2.24, 2.45) is 23.7 Å². The number of halogens is 4. The lowest BCUT2D eigenvalue weighted by Gasteiger charge is -2.27. The number of unbranched alkanes of at least 4 members (excludes halogenated alkanes) is 2. The van der Waals surface area contributed by atoms with E-state index < -0.39 is 17.6 Å². The van der Waals surface area contributed by atoms with Gasteiger partial charge in [-0.2, -0.15) is 13.2 Å². The molecule has 0 saturated heterocycles. The van der Waals surface area contributed by atoms with Crippen LogP contribution < -0.4 is 0 Å². The van der Waals surface area contributed by atoms with Crippen LogP contribution in [0.2, 0.25) is 0 Å². The first-order chi connectivity index (χ1) is 15.8. The molecular weight excluding hydrogens is 424 g/mol. The summed E-state index contributed by atoms with van der Waals surface area (Å²) in [6.45, 7) is 4.46. The average molecular weight is 467 g/mol. The molecule has 33 heavy (non-hydrogen) atoms. The molecule has 0 radical (unpaired) electrons. The van der Waals surface area contributed by atoms with Crippen molar-refractivity contribution in [3.8, 4) is 0 Å². The minimum absolute atomic E-state index is 0.0275. The van der Waals surface area contributed by atoms with E-state index in [2.05, 4.69) is 13.8 Å². The maximum Gasteiger partial charge on any atom is 0.419 e. The van der Waals surface area contributed by atoms with Crippen molar-refractivity contribution in [1.29, 1.82) is 0 Å². The minimum Gasteiger partial charge on any atom is -0.206 e. The van der Waals surface area contributed by atoms with Crippen molar-refractivity contribution in [2.45, 2.75) is 110 Å². The Labute approximate surface area is 198 Å². The number of allylic oxidation sites excluding steroid dienone is 1. The zero-order valence-electron chi connectivity index (χ0n) is 20.5. The predicted molar refractivity (Wildman–Crippen MR) is 129 cm³/mol. The topological polar surface area (TPSA) is 0 Å². The predicted octanol–water partition coefficient (Wildman–Crippen LogP) is 10.0. The van der Waals surface area contributed by atoms with Crippen molar-refractivity contribution >= 4 is 6.08 Å². The van der Waals surface area contributed by atoms with Crippen molar-refractivity contribution in [2.75, 3.05) is 0 Å². The van der Waals surface area contributed by atoms with Gasteiger partial charge in [-0.3, -0.25) is 0 Å². The number of aryl methyl sites for hydroxylation is 1. The van der Waals surface area contributed by atoms with Gasteiger partial charge in [0.1, 0.15) is 5.82 Å². The van der Waals surface area contributed by atoms with E-state index in [0.29, 0.717) is 18.3 Å². The summed E-state index contributed by atoms with van der Waals surface area (Å²) in [5, 5.41) is 0. The van der Waals surface area contributed by atoms with Gasteiger partial charge in [0.25, 0.3) is 0 Å². The summed E-state index contributed by atoms with van der Waals surface area (Å²) in [6.07, 6.45) is 13.9. The molecule has 0 unspecified atom stereocenters. The van der Waals surface area contributed by atoms with Crippen LogP contribution in [0.15, 0.2) is 18.2 Å². The highest BCUT2D eigenvalue weighted by atomic mass is 19.4. The van der Waals surface area contributed by atoms with Crippen LogP contribution in [0.4, 0.5) is 17.6 Å². The van der Waals surface area contributed by atoms with E-state index in [4.69, 9.17) is 0 Å². The molecule has 0 aliphatic heterocycles. The first-order valence-electron chi connectivity index (χ1n) is 13.3. The quantitative estimate of drug-likeness (QED) is 0.251. The SMILES string of the molecule is CCCCCC1CCC(/C=C/c2ccc(CCC3CCC(C)CC3)c(F)c2C(F)(F)F)CC1. The van der Waals surface area contributed by atoms with Gasteiger partial charge in [-0.15, -0.1) is 0 Å². The maximum atomic E-state index is 15.1. The highest BCUT2D eigenvalue weighted by Crippen LogP contribution is 2.38. The van der Waals surface area contributed by atoms with Gasteiger partial charge in [-0.05, 0) is 73.3 Å². The molecule has 0 spiro atoms. The minimum atomic E-state index is -4.68. The molecule has 0 amide bonds. The second-order valence-corrected chi connectivity index (χ2v) is 10.8. The van der Waals surface area contributed by atoms with Gasteiger partial charge in [0.05, 0.1) is 5.56 Å². The van der Waals surface area contributed by atoms with Crippen LogP contribution >= 0.6 is 0 Å². The molecule has 0 atom stereocenters. The Balaban J connectivity index is 1.63. The third kappa shape index (κ3) is 7.86. The van der Waals surface area contributed by atoms with E-state index in [0.717, 1.165) is 56.8 Å². The molecule has 1 aromatic rings. The zero-order valence-corrected chi connectivity index (χ0v) is 20.5. The van der Waals surface area contributed by atoms with Crippen LogP contribution in [0, 0.1) is 29.5 Å². The molecule has 4 heteroatoms. The molecule has 2 saturated carbocycles. The first-order valence-corrected chi connectivity index (χ1v) is 13.3. The highest BCUT2D eigenvalue weighted by molar-refractivity contribution is 5.56. The number of hydrogen-bond donors (Lipinski definition) is 0. The summed E-state index contributed by atoms with van der Waals surface area (Å²) in [4.78, 5) is 0. The lowest BCUT2D eigenvalue weighted by atomic mass is 9.79. The molecule has 0 heterocycles. The molecule has 2 aliphatic rings. The summed E-state index contributed by atoms with van der Waals surface area (Å²) in [6, 6.07) is 3.07. The van der Waals surface area contributed by atoms with E-state index in [1.165, 1.54) is 50.7 Å². The Morgan fingerprint density at radius 1 is 0.879 bits per heavy atom. The molecule has 0 nitrogen and oxygen atoms in total. The van der Waals surface area contributed by atoms with Gasteiger partial charge in [0.15, 0.2) is 0 Å². The van der Waals surface area contributed by atoms with E-state index in [1.54, 1.807) is 6.07 Å². The van der Waals surface area contributed by atoms with Crippen LogP contribution in [0.3, 0.4) is 0 Å². The Morgan fingerprint density at radius 2 is 1.52 bits per heavy atom. The maximum absolute atomic E-state index is 15.1. The van der Waals surface area contributed by atoms with Gasteiger partial charge in [-0.1, -0.05) is 89.5 Å². The lowest BCUT2D eigenvalue weighted by Crippen LogP contribution is -2.15. The van der Waals surface area contributed by atoms with Crippen molar-refractivity contribution in [1.82, 2.24) is 0 Å². The van der Waals surface area contributed by atoms with Gasteiger partial charge in [0, 0.05) is 0 Å². The third-order valence-electron chi connectivity index (χ3n) is 8.15. The largest absolute Gasteiger partial charge is 0.419 e. The summed E-state index contributed by atoms with van der Waals surface area (Å²) < 4.78 is 56.5. The summed E-state index contributed by atoms with van der Waals surface area (Å²) in [5.74, 6) is 1.23. The molecule has 186 valence electrons. The van der Waals surface area contributed by atoms with Gasteiger partial charge >= 0.3 is 6.18 Å². The zero-order chi connectivity index (χ0) is 23.8. The fraction of sp³-hybridized carbons (Fsp3) is 0.724. The molecule has 3 rings (SSSR count). The smallest absolute Gasteiger partial charge is 0.206 e. The van der Waals surface area contributed by atoms with E-state index in [1.807, 2.05) is 6.08 Å². The molecule has 2 fully saturated rings. The highest BCUT2D eigenvalue weighted by Gasteiger charge is 2.37. The number of rotatable bonds is 9. The summed E-state index contributed by atoms with van der Waals surface area (Å²) in [7, 11) is 0. The van der Waals surface area contributed by atoms with Gasteiger partial charge < -0.3 is 0 Å². The van der Waals surface area contributed by atoms with Gasteiger partial charge in [-0.25, -0.2) is 4.39 Å². The summed E-state index contributed by atoms with van der Waals surface area (Å²) in [5.41, 5.74) is -0.896. The van der Waals surface area contributed by atoms with Crippen LogP contribution in [0.25, 0.3) is 6.08 Å². The standard InChI is InChI=1S/C29H42F4/c1-3-4-5-6-22-11-13-24(14-12-22)15-17-25-19-20-26(28(30)27(25)29(31,32)33)18-16-23-9-7-21(2)8-10-23/h15,17,19-24H,3-14,16,18H2,1-2H3/b17-15+. The molecule has 0 N–H and O–H groups in total. The van der Waals surface area contributed by atoms with E-state index >= 15 is 4.39 Å². The average Bonchev–Trinajstić information content (AvgIpc) is 2.78. The Morgan fingerprint density at radius 3 is 2.15 bits per heavy atom. The summed E-state index contributed by atoms with van der Waals surface area (Å²) >= 11 is 0. The second-order valence-electron chi connectivity index (χ2n) is 10.8. The van der Waals surface area contributed by atoms with Crippen molar-refractivity contribution < 1.29 is 17.6 Å². The molecule has 0 aromatic heterocycles. The van der Waals surface area contributed by atoms with Crippen LogP contribution in [-0.2, 0) is 12.6 Å². The monoisotopic (exact) mass is 466 g/mol. The number of benzene rings is 1. The molecule has 0 bridgehead atoms. The Hall–Kier alpha value is -1.32. The van der Waals surface area contributed by atoms with Crippen LogP contribution in [-0.4, -0.2) is 0 Å². The molecular formula is C29H42F4. The third-order valence-corrected chi connectivity index (χ3v) is 8.15. The Kier molecular flexibility index (Phi) is 9.88. The second kappa shape index (κ2) is 12.4. The van der Waals surface area contributed by atoms with Crippen molar-refractivity contribution in [3.63, 3.8) is 0 Å². The normalized spacial score (nSPS) is 26.7. The number of alkyl halides is 3. The fourth-order valence-corrected chi connectivity index (χ4v) is 5.82. The lowest BCUT2D eigenvalue weighted by molar-refractivity contribution is -0.140. The fourth-order valence-electron chi connectivity index (χ4n) is 5.82. The molecule has 2 aliphatic carbocycles. The molecule has 1 aromatic carbocycles. The number of hydrogen-bond acceptors (Lipinski definition) is 0. The van der Waals surface area contributed by atoms with Crippen molar-refractivity contribution in [3.05, 3.63) is 40.7 Å². The van der Waals surface area contributed by atoms with E-state index in [9.17, 15) is 13.2 Å². The van der Waals surface area contributed by atoms with E-state index in [-0.39, 0.29) is 11.1 Å². The first kappa shape index (κ1) is 26.3. The Bertz CT molecular complexity index is 748. The van der Waals surface area contributed by atoms with Gasteiger partial charge in [0.2, 0.25) is 0 Å². The van der Waals surface area contributed by atoms with Crippen LogP contribution in [0.5, 0.6) is 0 Å². The van der Waals surface area contributed by atoms with Crippen LogP contribution in [0.1, 0.15) is 114 Å².